The van der Waals surface area contributed by atoms with Crippen molar-refractivity contribution in [3.8, 4) is 6.07 Å². The van der Waals surface area contributed by atoms with E-state index < -0.39 is 0 Å². The van der Waals surface area contributed by atoms with E-state index in [-0.39, 0.29) is 5.92 Å². The molecule has 0 aliphatic heterocycles. The summed E-state index contributed by atoms with van der Waals surface area (Å²) in [6.45, 7) is 2.05. The second kappa shape index (κ2) is 6.10. The summed E-state index contributed by atoms with van der Waals surface area (Å²) >= 11 is 5.13. The molecular formula is C11H12BrNS. The van der Waals surface area contributed by atoms with Crippen molar-refractivity contribution in [1.29, 1.82) is 5.26 Å². The van der Waals surface area contributed by atoms with Crippen LogP contribution >= 0.6 is 27.7 Å². The minimum atomic E-state index is 0.170. The molecule has 0 bridgehead atoms. The number of hydrogen-bond donors (Lipinski definition) is 0. The van der Waals surface area contributed by atoms with Crippen LogP contribution in [-0.4, -0.2) is 5.75 Å². The van der Waals surface area contributed by atoms with Crippen molar-refractivity contribution in [2.45, 2.75) is 18.2 Å². The quantitative estimate of drug-likeness (QED) is 0.769. The number of halogens is 1. The standard InChI is InChI=1S/C11H12BrNS/c1-2-9(7-13)8-14-11-5-3-10(12)4-6-11/h3-6,9H,2,8H2,1H3. The Bertz CT molecular complexity index is 315. The van der Waals surface area contributed by atoms with Gasteiger partial charge in [0.25, 0.3) is 0 Å². The Labute approximate surface area is 97.6 Å². The van der Waals surface area contributed by atoms with E-state index in [0.717, 1.165) is 16.6 Å². The van der Waals surface area contributed by atoms with Crippen molar-refractivity contribution in [3.63, 3.8) is 0 Å². The van der Waals surface area contributed by atoms with Crippen molar-refractivity contribution in [2.75, 3.05) is 5.75 Å². The molecule has 0 radical (unpaired) electrons. The Balaban J connectivity index is 2.46. The molecule has 0 aromatic heterocycles. The van der Waals surface area contributed by atoms with Crippen LogP contribution < -0.4 is 0 Å². The van der Waals surface area contributed by atoms with Gasteiger partial charge in [-0.1, -0.05) is 22.9 Å². The number of nitrogens with zero attached hydrogens (tertiary/aromatic N) is 1. The zero-order valence-corrected chi connectivity index (χ0v) is 10.4. The van der Waals surface area contributed by atoms with Crippen LogP contribution in [0, 0.1) is 17.2 Å². The zero-order valence-electron chi connectivity index (χ0n) is 8.03. The van der Waals surface area contributed by atoms with E-state index in [1.165, 1.54) is 4.90 Å². The smallest absolute Gasteiger partial charge is 0.0664 e. The third-order valence-corrected chi connectivity index (χ3v) is 3.64. The molecule has 0 aliphatic rings. The molecule has 1 atom stereocenters. The molecule has 14 heavy (non-hydrogen) atoms. The van der Waals surface area contributed by atoms with E-state index in [0.29, 0.717) is 0 Å². The highest BCUT2D eigenvalue weighted by molar-refractivity contribution is 9.10. The predicted octanol–water partition coefficient (Wildman–Crippen LogP) is 4.09. The van der Waals surface area contributed by atoms with Gasteiger partial charge >= 0.3 is 0 Å². The molecular weight excluding hydrogens is 258 g/mol. The first kappa shape index (κ1) is 11.6. The third kappa shape index (κ3) is 3.73. The fourth-order valence-corrected chi connectivity index (χ4v) is 2.27. The van der Waals surface area contributed by atoms with Crippen molar-refractivity contribution in [2.24, 2.45) is 5.92 Å². The SMILES string of the molecule is CCC(C#N)CSc1ccc(Br)cc1. The van der Waals surface area contributed by atoms with Gasteiger partial charge in [-0.3, -0.25) is 0 Å². The van der Waals surface area contributed by atoms with Gasteiger partial charge in [0.05, 0.1) is 12.0 Å². The van der Waals surface area contributed by atoms with E-state index in [4.69, 9.17) is 5.26 Å². The van der Waals surface area contributed by atoms with Crippen LogP contribution in [0.1, 0.15) is 13.3 Å². The largest absolute Gasteiger partial charge is 0.198 e. The monoisotopic (exact) mass is 269 g/mol. The van der Waals surface area contributed by atoms with E-state index in [9.17, 15) is 0 Å². The topological polar surface area (TPSA) is 23.8 Å². The predicted molar refractivity (Wildman–Crippen MR) is 64.3 cm³/mol. The fraction of sp³-hybridized carbons (Fsp3) is 0.364. The van der Waals surface area contributed by atoms with Gasteiger partial charge in [0.2, 0.25) is 0 Å². The second-order valence-corrected chi connectivity index (χ2v) is 5.01. The van der Waals surface area contributed by atoms with Crippen LogP contribution in [-0.2, 0) is 0 Å². The highest BCUT2D eigenvalue weighted by Gasteiger charge is 2.04. The van der Waals surface area contributed by atoms with E-state index in [1.807, 2.05) is 12.1 Å². The zero-order chi connectivity index (χ0) is 10.4. The number of hydrogen-bond acceptors (Lipinski definition) is 2. The minimum Gasteiger partial charge on any atom is -0.198 e. The summed E-state index contributed by atoms with van der Waals surface area (Å²) in [5, 5.41) is 8.78. The molecule has 0 fully saturated rings. The molecule has 1 aromatic carbocycles. The van der Waals surface area contributed by atoms with Crippen LogP contribution in [0.3, 0.4) is 0 Å². The lowest BCUT2D eigenvalue weighted by atomic mass is 10.1. The highest BCUT2D eigenvalue weighted by Crippen LogP contribution is 2.23. The van der Waals surface area contributed by atoms with Crippen LogP contribution in [0.5, 0.6) is 0 Å². The van der Waals surface area contributed by atoms with Gasteiger partial charge in [0, 0.05) is 15.1 Å². The Morgan fingerprint density at radius 2 is 2.07 bits per heavy atom. The Kier molecular flexibility index (Phi) is 5.06. The molecule has 1 rings (SSSR count). The van der Waals surface area contributed by atoms with Gasteiger partial charge in [0.1, 0.15) is 0 Å². The summed E-state index contributed by atoms with van der Waals surface area (Å²) in [7, 11) is 0. The van der Waals surface area contributed by atoms with Gasteiger partial charge < -0.3 is 0 Å². The molecule has 0 amide bonds. The van der Waals surface area contributed by atoms with Gasteiger partial charge in [-0.15, -0.1) is 11.8 Å². The van der Waals surface area contributed by atoms with Gasteiger partial charge in [0.15, 0.2) is 0 Å². The average Bonchev–Trinajstić information content (AvgIpc) is 2.22. The molecule has 0 aliphatic carbocycles. The highest BCUT2D eigenvalue weighted by atomic mass is 79.9. The van der Waals surface area contributed by atoms with Gasteiger partial charge in [-0.25, -0.2) is 0 Å². The maximum Gasteiger partial charge on any atom is 0.0664 e. The molecule has 0 heterocycles. The number of rotatable bonds is 4. The summed E-state index contributed by atoms with van der Waals surface area (Å²) in [6, 6.07) is 10.5. The molecule has 0 saturated heterocycles. The molecule has 0 N–H and O–H groups in total. The van der Waals surface area contributed by atoms with Crippen molar-refractivity contribution < 1.29 is 0 Å². The summed E-state index contributed by atoms with van der Waals surface area (Å²) < 4.78 is 1.09. The molecule has 3 heteroatoms. The number of thioether (sulfide) groups is 1. The molecule has 1 unspecified atom stereocenters. The van der Waals surface area contributed by atoms with Gasteiger partial charge in [-0.2, -0.15) is 5.26 Å². The van der Waals surface area contributed by atoms with Crippen LogP contribution in [0.15, 0.2) is 33.6 Å². The molecule has 1 aromatic rings. The summed E-state index contributed by atoms with van der Waals surface area (Å²) in [5.74, 6) is 1.05. The Morgan fingerprint density at radius 3 is 2.57 bits per heavy atom. The first-order valence-corrected chi connectivity index (χ1v) is 6.32. The summed E-state index contributed by atoms with van der Waals surface area (Å²) in [6.07, 6.45) is 0.931. The fourth-order valence-electron chi connectivity index (χ4n) is 0.974. The van der Waals surface area contributed by atoms with Crippen LogP contribution in [0.2, 0.25) is 0 Å². The average molecular weight is 270 g/mol. The first-order chi connectivity index (χ1) is 6.76. The van der Waals surface area contributed by atoms with Gasteiger partial charge in [-0.05, 0) is 30.7 Å². The van der Waals surface area contributed by atoms with Crippen LogP contribution in [0.4, 0.5) is 0 Å². The number of nitriles is 1. The molecule has 0 saturated carbocycles. The lowest BCUT2D eigenvalue weighted by Gasteiger charge is -2.05. The maximum atomic E-state index is 8.78. The second-order valence-electron chi connectivity index (χ2n) is 3.00. The van der Waals surface area contributed by atoms with Crippen molar-refractivity contribution in [1.82, 2.24) is 0 Å². The van der Waals surface area contributed by atoms with Crippen LogP contribution in [0.25, 0.3) is 0 Å². The normalized spacial score (nSPS) is 12.1. The van der Waals surface area contributed by atoms with Crippen molar-refractivity contribution >= 4 is 27.7 Å². The Morgan fingerprint density at radius 1 is 1.43 bits per heavy atom. The maximum absolute atomic E-state index is 8.78. The summed E-state index contributed by atoms with van der Waals surface area (Å²) in [5.41, 5.74) is 0. The van der Waals surface area contributed by atoms with E-state index in [2.05, 4.69) is 41.1 Å². The summed E-state index contributed by atoms with van der Waals surface area (Å²) in [4.78, 5) is 1.22. The lowest BCUT2D eigenvalue weighted by Crippen LogP contribution is -1.97. The first-order valence-electron chi connectivity index (χ1n) is 4.54. The minimum absolute atomic E-state index is 0.170. The van der Waals surface area contributed by atoms with Crippen molar-refractivity contribution in [3.05, 3.63) is 28.7 Å². The number of benzene rings is 1. The Hall–Kier alpha value is -0.460. The molecule has 1 nitrogen and oxygen atoms in total. The van der Waals surface area contributed by atoms with E-state index >= 15 is 0 Å². The van der Waals surface area contributed by atoms with E-state index in [1.54, 1.807) is 11.8 Å². The molecule has 0 spiro atoms. The lowest BCUT2D eigenvalue weighted by molar-refractivity contribution is 0.724. The molecule has 74 valence electrons. The third-order valence-electron chi connectivity index (χ3n) is 1.94.